The number of benzene rings is 2. The molecule has 0 fully saturated rings. The second-order valence-electron chi connectivity index (χ2n) is 6.68. The molecule has 2 rings (SSSR count). The highest BCUT2D eigenvalue weighted by Gasteiger charge is 2.15. The number of hydrogen-bond donors (Lipinski definition) is 0. The highest BCUT2D eigenvalue weighted by atomic mass is 19.1. The maximum atomic E-state index is 14.6. The van der Waals surface area contributed by atoms with Gasteiger partial charge in [-0.3, -0.25) is 0 Å². The standard InChI is InChI=1S/C21H27F/c1-5-17(9-6-15(2)3)20-13-12-19(14-21(20)22)18-10-7-16(4)8-11-18/h7-8,10-15,17H,5-6,9H2,1-4H3. The zero-order chi connectivity index (χ0) is 16.1. The lowest BCUT2D eigenvalue weighted by Crippen LogP contribution is -2.03. The quantitative estimate of drug-likeness (QED) is 0.554. The van der Waals surface area contributed by atoms with Crippen LogP contribution in [0.5, 0.6) is 0 Å². The van der Waals surface area contributed by atoms with Gasteiger partial charge in [0.2, 0.25) is 0 Å². The molecule has 0 nitrogen and oxygen atoms in total. The van der Waals surface area contributed by atoms with Crippen LogP contribution in [-0.4, -0.2) is 0 Å². The topological polar surface area (TPSA) is 0 Å². The van der Waals surface area contributed by atoms with Gasteiger partial charge >= 0.3 is 0 Å². The molecule has 2 aromatic rings. The summed E-state index contributed by atoms with van der Waals surface area (Å²) in [7, 11) is 0. The Labute approximate surface area is 134 Å². The van der Waals surface area contributed by atoms with Gasteiger partial charge in [-0.15, -0.1) is 0 Å². The third kappa shape index (κ3) is 4.19. The first-order chi connectivity index (χ1) is 10.5. The molecule has 0 aliphatic heterocycles. The Bertz CT molecular complexity index is 596. The fourth-order valence-corrected chi connectivity index (χ4v) is 2.90. The van der Waals surface area contributed by atoms with Gasteiger partial charge in [0, 0.05) is 0 Å². The molecule has 22 heavy (non-hydrogen) atoms. The number of aryl methyl sites for hydroxylation is 1. The second-order valence-corrected chi connectivity index (χ2v) is 6.68. The van der Waals surface area contributed by atoms with Crippen molar-refractivity contribution in [3.63, 3.8) is 0 Å². The van der Waals surface area contributed by atoms with Crippen LogP contribution < -0.4 is 0 Å². The van der Waals surface area contributed by atoms with Crippen molar-refractivity contribution in [1.82, 2.24) is 0 Å². The van der Waals surface area contributed by atoms with Crippen molar-refractivity contribution in [3.8, 4) is 11.1 Å². The molecule has 1 unspecified atom stereocenters. The number of hydrogen-bond acceptors (Lipinski definition) is 0. The summed E-state index contributed by atoms with van der Waals surface area (Å²) < 4.78 is 14.6. The first kappa shape index (κ1) is 16.7. The molecule has 0 N–H and O–H groups in total. The molecule has 118 valence electrons. The molecule has 1 atom stereocenters. The van der Waals surface area contributed by atoms with E-state index in [-0.39, 0.29) is 5.82 Å². The van der Waals surface area contributed by atoms with Crippen molar-refractivity contribution in [3.05, 3.63) is 59.4 Å². The minimum atomic E-state index is -0.0614. The van der Waals surface area contributed by atoms with Crippen LogP contribution in [0, 0.1) is 18.7 Å². The molecular weight excluding hydrogens is 271 g/mol. The van der Waals surface area contributed by atoms with Gasteiger partial charge in [0.25, 0.3) is 0 Å². The largest absolute Gasteiger partial charge is 0.207 e. The summed E-state index contributed by atoms with van der Waals surface area (Å²) in [4.78, 5) is 0. The Morgan fingerprint density at radius 2 is 1.55 bits per heavy atom. The molecule has 0 aliphatic carbocycles. The first-order valence-corrected chi connectivity index (χ1v) is 8.37. The van der Waals surface area contributed by atoms with E-state index in [2.05, 4.69) is 58.0 Å². The minimum absolute atomic E-state index is 0.0614. The van der Waals surface area contributed by atoms with Crippen LogP contribution in [0.3, 0.4) is 0 Å². The maximum Gasteiger partial charge on any atom is 0.127 e. The van der Waals surface area contributed by atoms with Crippen molar-refractivity contribution < 1.29 is 4.39 Å². The molecule has 1 heteroatoms. The number of halogens is 1. The van der Waals surface area contributed by atoms with Gasteiger partial charge in [-0.25, -0.2) is 4.39 Å². The second kappa shape index (κ2) is 7.58. The lowest BCUT2D eigenvalue weighted by molar-refractivity contribution is 0.476. The summed E-state index contributed by atoms with van der Waals surface area (Å²) in [6.45, 7) is 8.67. The average Bonchev–Trinajstić information content (AvgIpc) is 2.49. The molecule has 0 heterocycles. The SMILES string of the molecule is CCC(CCC(C)C)c1ccc(-c2ccc(C)cc2)cc1F. The third-order valence-electron chi connectivity index (χ3n) is 4.41. The fourth-order valence-electron chi connectivity index (χ4n) is 2.90. The predicted octanol–water partition coefficient (Wildman–Crippen LogP) is 6.73. The zero-order valence-corrected chi connectivity index (χ0v) is 14.2. The Hall–Kier alpha value is -1.63. The van der Waals surface area contributed by atoms with Crippen molar-refractivity contribution >= 4 is 0 Å². The van der Waals surface area contributed by atoms with Crippen LogP contribution in [0.4, 0.5) is 4.39 Å². The molecule has 2 aromatic carbocycles. The normalized spacial score (nSPS) is 12.6. The molecule has 0 bridgehead atoms. The highest BCUT2D eigenvalue weighted by molar-refractivity contribution is 5.64. The molecular formula is C21H27F. The van der Waals surface area contributed by atoms with Crippen molar-refractivity contribution in [2.24, 2.45) is 5.92 Å². The van der Waals surface area contributed by atoms with Gasteiger partial charge in [0.05, 0.1) is 0 Å². The third-order valence-corrected chi connectivity index (χ3v) is 4.41. The maximum absolute atomic E-state index is 14.6. The van der Waals surface area contributed by atoms with Crippen molar-refractivity contribution in [2.45, 2.75) is 52.9 Å². The smallest absolute Gasteiger partial charge is 0.127 e. The minimum Gasteiger partial charge on any atom is -0.207 e. The van der Waals surface area contributed by atoms with E-state index in [0.29, 0.717) is 11.8 Å². The number of rotatable bonds is 6. The van der Waals surface area contributed by atoms with E-state index in [0.717, 1.165) is 36.0 Å². The Morgan fingerprint density at radius 3 is 2.09 bits per heavy atom. The van der Waals surface area contributed by atoms with Crippen LogP contribution in [0.1, 0.15) is 57.1 Å². The molecule has 0 saturated heterocycles. The van der Waals surface area contributed by atoms with Crippen LogP contribution in [0.25, 0.3) is 11.1 Å². The van der Waals surface area contributed by atoms with E-state index >= 15 is 0 Å². The van der Waals surface area contributed by atoms with Gasteiger partial charge in [0.1, 0.15) is 5.82 Å². The zero-order valence-electron chi connectivity index (χ0n) is 14.2. The summed E-state index contributed by atoms with van der Waals surface area (Å²) in [6, 6.07) is 14.0. The van der Waals surface area contributed by atoms with E-state index in [1.165, 1.54) is 5.56 Å². The van der Waals surface area contributed by atoms with E-state index < -0.39 is 0 Å². The fraction of sp³-hybridized carbons (Fsp3) is 0.429. The van der Waals surface area contributed by atoms with E-state index in [1.54, 1.807) is 6.07 Å². The molecule has 0 aliphatic rings. The lowest BCUT2D eigenvalue weighted by atomic mass is 9.88. The van der Waals surface area contributed by atoms with Gasteiger partial charge in [-0.1, -0.05) is 69.2 Å². The Morgan fingerprint density at radius 1 is 0.909 bits per heavy atom. The summed E-state index contributed by atoms with van der Waals surface area (Å²) in [5, 5.41) is 0. The van der Waals surface area contributed by atoms with Crippen LogP contribution in [0.2, 0.25) is 0 Å². The van der Waals surface area contributed by atoms with Gasteiger partial charge in [0.15, 0.2) is 0 Å². The molecule has 0 amide bonds. The molecule has 0 saturated carbocycles. The Kier molecular flexibility index (Phi) is 5.76. The monoisotopic (exact) mass is 298 g/mol. The summed E-state index contributed by atoms with van der Waals surface area (Å²) >= 11 is 0. The predicted molar refractivity (Wildman–Crippen MR) is 93.7 cm³/mol. The van der Waals surface area contributed by atoms with Crippen molar-refractivity contribution in [1.29, 1.82) is 0 Å². The van der Waals surface area contributed by atoms with Gasteiger partial charge < -0.3 is 0 Å². The van der Waals surface area contributed by atoms with Crippen LogP contribution in [-0.2, 0) is 0 Å². The molecule has 0 radical (unpaired) electrons. The summed E-state index contributed by atoms with van der Waals surface area (Å²) in [5.41, 5.74) is 4.13. The first-order valence-electron chi connectivity index (χ1n) is 8.37. The van der Waals surface area contributed by atoms with E-state index in [4.69, 9.17) is 0 Å². The highest BCUT2D eigenvalue weighted by Crippen LogP contribution is 2.31. The summed E-state index contributed by atoms with van der Waals surface area (Å²) in [6.07, 6.45) is 3.21. The van der Waals surface area contributed by atoms with Gasteiger partial charge in [-0.2, -0.15) is 0 Å². The molecule has 0 aromatic heterocycles. The van der Waals surface area contributed by atoms with E-state index in [9.17, 15) is 4.39 Å². The average molecular weight is 298 g/mol. The lowest BCUT2D eigenvalue weighted by Gasteiger charge is -2.18. The van der Waals surface area contributed by atoms with Gasteiger partial charge in [-0.05, 0) is 54.4 Å². The molecule has 0 spiro atoms. The van der Waals surface area contributed by atoms with Crippen molar-refractivity contribution in [2.75, 3.05) is 0 Å². The Balaban J connectivity index is 2.23. The van der Waals surface area contributed by atoms with Crippen LogP contribution in [0.15, 0.2) is 42.5 Å². The van der Waals surface area contributed by atoms with E-state index in [1.807, 2.05) is 6.07 Å². The summed E-state index contributed by atoms with van der Waals surface area (Å²) in [5.74, 6) is 0.937. The van der Waals surface area contributed by atoms with Crippen LogP contribution >= 0.6 is 0 Å².